The molecular formula is C22H26N7O2P. The quantitative estimate of drug-likeness (QED) is 0.249. The summed E-state index contributed by atoms with van der Waals surface area (Å²) >= 11 is 0. The predicted molar refractivity (Wildman–Crippen MR) is 127 cm³/mol. The van der Waals surface area contributed by atoms with E-state index in [0.29, 0.717) is 23.0 Å². The monoisotopic (exact) mass is 451 g/mol. The zero-order valence-corrected chi connectivity index (χ0v) is 19.1. The van der Waals surface area contributed by atoms with Gasteiger partial charge in [0.05, 0.1) is 17.9 Å². The minimum Gasteiger partial charge on any atom is -0.381 e. The standard InChI is InChI=1S/C22H26N7O2P/c1-4-32(30,31-3)18-8-5-16(6-9-18)19-13-26-21(23)22(27-19)29(24)15(2)17-7-10-20-25-11-12-28(20)14-17/h5-15H,4,24H2,1-3H3,(H2,23,26). The highest BCUT2D eigenvalue weighted by Crippen LogP contribution is 2.44. The molecule has 4 N–H and O–H groups in total. The van der Waals surface area contributed by atoms with Crippen LogP contribution in [0.4, 0.5) is 11.6 Å². The first kappa shape index (κ1) is 22.0. The summed E-state index contributed by atoms with van der Waals surface area (Å²) in [6.07, 6.45) is 7.63. The number of benzene rings is 1. The molecule has 2 unspecified atom stereocenters. The minimum absolute atomic E-state index is 0.215. The summed E-state index contributed by atoms with van der Waals surface area (Å²) in [4.78, 5) is 13.2. The number of aromatic nitrogens is 4. The number of nitrogens with two attached hydrogens (primary N) is 2. The van der Waals surface area contributed by atoms with Crippen LogP contribution in [0.2, 0.25) is 0 Å². The Labute approximate surface area is 186 Å². The average molecular weight is 451 g/mol. The lowest BCUT2D eigenvalue weighted by Crippen LogP contribution is -2.35. The van der Waals surface area contributed by atoms with Crippen molar-refractivity contribution in [2.45, 2.75) is 19.9 Å². The van der Waals surface area contributed by atoms with E-state index in [1.54, 1.807) is 24.5 Å². The number of hydrogen-bond acceptors (Lipinski definition) is 8. The fourth-order valence-electron chi connectivity index (χ4n) is 3.52. The van der Waals surface area contributed by atoms with E-state index in [4.69, 9.17) is 16.1 Å². The van der Waals surface area contributed by atoms with Crippen molar-refractivity contribution >= 4 is 30.0 Å². The van der Waals surface area contributed by atoms with Crippen molar-refractivity contribution in [3.05, 3.63) is 66.7 Å². The maximum Gasteiger partial charge on any atom is 0.231 e. The first-order valence-corrected chi connectivity index (χ1v) is 12.0. The molecule has 0 aliphatic heterocycles. The average Bonchev–Trinajstić information content (AvgIpc) is 3.31. The zero-order valence-electron chi connectivity index (χ0n) is 18.2. The van der Waals surface area contributed by atoms with Crippen LogP contribution >= 0.6 is 7.37 Å². The molecule has 0 saturated heterocycles. The molecule has 166 valence electrons. The van der Waals surface area contributed by atoms with Crippen LogP contribution in [0.5, 0.6) is 0 Å². The van der Waals surface area contributed by atoms with E-state index >= 15 is 0 Å². The van der Waals surface area contributed by atoms with Crippen LogP contribution in [0.3, 0.4) is 0 Å². The topological polar surface area (TPSA) is 125 Å². The van der Waals surface area contributed by atoms with Crippen LogP contribution in [0.15, 0.2) is 61.2 Å². The molecular weight excluding hydrogens is 425 g/mol. The van der Waals surface area contributed by atoms with Gasteiger partial charge in [0.25, 0.3) is 0 Å². The number of hydrazine groups is 1. The highest BCUT2D eigenvalue weighted by atomic mass is 31.2. The van der Waals surface area contributed by atoms with Gasteiger partial charge in [-0.05, 0) is 30.7 Å². The van der Waals surface area contributed by atoms with E-state index in [1.165, 1.54) is 12.1 Å². The van der Waals surface area contributed by atoms with Gasteiger partial charge in [-0.15, -0.1) is 0 Å². The van der Waals surface area contributed by atoms with Crippen molar-refractivity contribution in [2.75, 3.05) is 24.0 Å². The Balaban J connectivity index is 1.64. The fourth-order valence-corrected chi connectivity index (χ4v) is 4.96. The van der Waals surface area contributed by atoms with Gasteiger partial charge in [-0.25, -0.2) is 20.8 Å². The maximum atomic E-state index is 12.8. The normalized spacial score (nSPS) is 14.2. The molecule has 0 aliphatic carbocycles. The second kappa shape index (κ2) is 8.70. The molecule has 0 aliphatic rings. The second-order valence-corrected chi connectivity index (χ2v) is 10.3. The van der Waals surface area contributed by atoms with E-state index in [9.17, 15) is 4.57 Å². The summed E-state index contributed by atoms with van der Waals surface area (Å²) in [7, 11) is -1.36. The smallest absolute Gasteiger partial charge is 0.231 e. The molecule has 3 heterocycles. The number of anilines is 2. The summed E-state index contributed by atoms with van der Waals surface area (Å²) in [6, 6.07) is 11.0. The molecule has 4 rings (SSSR count). The fraction of sp³-hybridized carbons (Fsp3) is 0.227. The lowest BCUT2D eigenvalue weighted by molar-refractivity contribution is 0.404. The second-order valence-electron chi connectivity index (χ2n) is 7.42. The first-order valence-electron chi connectivity index (χ1n) is 10.2. The third kappa shape index (κ3) is 3.98. The largest absolute Gasteiger partial charge is 0.381 e. The van der Waals surface area contributed by atoms with Crippen molar-refractivity contribution < 1.29 is 9.09 Å². The summed E-state index contributed by atoms with van der Waals surface area (Å²) in [5.74, 6) is 7.04. The van der Waals surface area contributed by atoms with E-state index in [2.05, 4.69) is 15.0 Å². The van der Waals surface area contributed by atoms with Gasteiger partial charge >= 0.3 is 0 Å². The van der Waals surface area contributed by atoms with Crippen LogP contribution < -0.4 is 21.9 Å². The number of hydrogen-bond donors (Lipinski definition) is 2. The third-order valence-electron chi connectivity index (χ3n) is 5.60. The molecule has 9 nitrogen and oxygen atoms in total. The number of imidazole rings is 1. The third-order valence-corrected chi connectivity index (χ3v) is 8.11. The maximum absolute atomic E-state index is 12.8. The minimum atomic E-state index is -2.83. The molecule has 10 heteroatoms. The molecule has 32 heavy (non-hydrogen) atoms. The molecule has 3 aromatic heterocycles. The van der Waals surface area contributed by atoms with Gasteiger partial charge in [-0.2, -0.15) is 0 Å². The van der Waals surface area contributed by atoms with Crippen LogP contribution in [-0.4, -0.2) is 32.6 Å². The van der Waals surface area contributed by atoms with Gasteiger partial charge in [-0.1, -0.05) is 25.1 Å². The number of fused-ring (bicyclic) bond motifs is 1. The number of rotatable bonds is 7. The molecule has 0 bridgehead atoms. The lowest BCUT2D eigenvalue weighted by Gasteiger charge is -2.26. The van der Waals surface area contributed by atoms with E-state index in [0.717, 1.165) is 16.8 Å². The van der Waals surface area contributed by atoms with Crippen molar-refractivity contribution in [1.82, 2.24) is 19.4 Å². The van der Waals surface area contributed by atoms with Crippen molar-refractivity contribution in [3.8, 4) is 11.3 Å². The van der Waals surface area contributed by atoms with Gasteiger partial charge in [-0.3, -0.25) is 9.57 Å². The van der Waals surface area contributed by atoms with E-state index < -0.39 is 7.37 Å². The van der Waals surface area contributed by atoms with Gasteiger partial charge in [0.15, 0.2) is 11.6 Å². The summed E-state index contributed by atoms with van der Waals surface area (Å²) < 4.78 is 20.0. The SMILES string of the molecule is CCP(=O)(OC)c1ccc(-c2cnc(N)c(N(N)C(C)c3ccc4nccn4c3)n2)cc1. The first-order chi connectivity index (χ1) is 15.4. The van der Waals surface area contributed by atoms with Crippen LogP contribution in [0.1, 0.15) is 25.5 Å². The van der Waals surface area contributed by atoms with E-state index in [-0.39, 0.29) is 11.9 Å². The van der Waals surface area contributed by atoms with Crippen LogP contribution in [0, 0.1) is 0 Å². The zero-order chi connectivity index (χ0) is 22.9. The van der Waals surface area contributed by atoms with Gasteiger partial charge < -0.3 is 14.7 Å². The molecule has 2 atom stereocenters. The molecule has 0 fully saturated rings. The van der Waals surface area contributed by atoms with Crippen LogP contribution in [-0.2, 0) is 9.09 Å². The van der Waals surface area contributed by atoms with Crippen LogP contribution in [0.25, 0.3) is 16.9 Å². The molecule has 1 aromatic carbocycles. The van der Waals surface area contributed by atoms with Crippen molar-refractivity contribution in [3.63, 3.8) is 0 Å². The molecule has 0 amide bonds. The molecule has 0 radical (unpaired) electrons. The Morgan fingerprint density at radius 2 is 1.94 bits per heavy atom. The van der Waals surface area contributed by atoms with E-state index in [1.807, 2.05) is 54.9 Å². The summed E-state index contributed by atoms with van der Waals surface area (Å²) in [5.41, 5.74) is 9.36. The highest BCUT2D eigenvalue weighted by Gasteiger charge is 2.22. The van der Waals surface area contributed by atoms with Gasteiger partial charge in [0.2, 0.25) is 7.37 Å². The Morgan fingerprint density at radius 1 is 1.19 bits per heavy atom. The van der Waals surface area contributed by atoms with Gasteiger partial charge in [0.1, 0.15) is 5.65 Å². The predicted octanol–water partition coefficient (Wildman–Crippen LogP) is 3.38. The van der Waals surface area contributed by atoms with Gasteiger partial charge in [0, 0.05) is 42.7 Å². The number of pyridine rings is 1. The summed E-state index contributed by atoms with van der Waals surface area (Å²) in [6.45, 7) is 3.81. The molecule has 0 saturated carbocycles. The lowest BCUT2D eigenvalue weighted by atomic mass is 10.1. The number of nitrogens with zero attached hydrogens (tertiary/aromatic N) is 5. The highest BCUT2D eigenvalue weighted by molar-refractivity contribution is 7.66. The Kier molecular flexibility index (Phi) is 5.97. The molecule has 4 aromatic rings. The van der Waals surface area contributed by atoms with Crippen molar-refractivity contribution in [1.29, 1.82) is 0 Å². The number of nitrogen functional groups attached to an aromatic ring is 1. The van der Waals surface area contributed by atoms with Crippen molar-refractivity contribution in [2.24, 2.45) is 5.84 Å². The molecule has 0 spiro atoms. The summed E-state index contributed by atoms with van der Waals surface area (Å²) in [5, 5.41) is 2.17. The Hall–Kier alpha value is -3.26. The Bertz CT molecular complexity index is 1280. The Morgan fingerprint density at radius 3 is 2.62 bits per heavy atom.